The van der Waals surface area contributed by atoms with E-state index in [2.05, 4.69) is 0 Å². The van der Waals surface area contributed by atoms with Gasteiger partial charge in [-0.05, 0) is 25.7 Å². The van der Waals surface area contributed by atoms with Crippen LogP contribution in [0.25, 0.3) is 0 Å². The first-order chi connectivity index (χ1) is 5.54. The van der Waals surface area contributed by atoms with Crippen LogP contribution in [0.4, 0.5) is 3.89 Å². The van der Waals surface area contributed by atoms with Gasteiger partial charge in [-0.1, -0.05) is 0 Å². The van der Waals surface area contributed by atoms with Gasteiger partial charge in [0.25, 0.3) is 0 Å². The topological polar surface area (TPSA) is 43.4 Å². The predicted octanol–water partition coefficient (Wildman–Crippen LogP) is 1.24. The molecule has 0 heterocycles. The van der Waals surface area contributed by atoms with E-state index in [1.807, 2.05) is 0 Å². The molecule has 1 fully saturated rings. The van der Waals surface area contributed by atoms with Crippen LogP contribution >= 0.6 is 0 Å². The lowest BCUT2D eigenvalue weighted by Crippen LogP contribution is -2.29. The molecule has 2 atom stereocenters. The van der Waals surface area contributed by atoms with Crippen molar-refractivity contribution in [1.29, 1.82) is 0 Å². The summed E-state index contributed by atoms with van der Waals surface area (Å²) in [5.41, 5.74) is 0. The monoisotopic (exact) mass is 196 g/mol. The molecule has 1 rings (SSSR count). The molecule has 1 aliphatic rings. The Morgan fingerprint density at radius 2 is 2.08 bits per heavy atom. The molecule has 1 aliphatic carbocycles. The first-order valence-corrected chi connectivity index (χ1v) is 5.45. The average molecular weight is 196 g/mol. The highest BCUT2D eigenvalue weighted by atomic mass is 32.3. The van der Waals surface area contributed by atoms with Crippen molar-refractivity contribution in [3.63, 3.8) is 0 Å². The third-order valence-electron chi connectivity index (χ3n) is 2.31. The average Bonchev–Trinajstić information content (AvgIpc) is 2.03. The SMILES string of the molecule is COC1CCCC(S(=O)(=O)F)C1. The Labute approximate surface area is 72.1 Å². The molecule has 12 heavy (non-hydrogen) atoms. The van der Waals surface area contributed by atoms with E-state index in [1.165, 1.54) is 7.11 Å². The molecule has 0 amide bonds. The molecule has 0 aromatic heterocycles. The first kappa shape index (κ1) is 9.92. The van der Waals surface area contributed by atoms with Crippen LogP contribution in [0.1, 0.15) is 25.7 Å². The third kappa shape index (κ3) is 2.42. The van der Waals surface area contributed by atoms with Gasteiger partial charge in [-0.3, -0.25) is 0 Å². The van der Waals surface area contributed by atoms with Gasteiger partial charge in [0.15, 0.2) is 0 Å². The minimum atomic E-state index is -4.35. The first-order valence-electron chi connectivity index (χ1n) is 4.00. The molecule has 0 aliphatic heterocycles. The standard InChI is InChI=1S/C7H13FO3S/c1-11-6-3-2-4-7(5-6)12(8,9)10/h6-7H,2-5H2,1H3. The Kier molecular flexibility index (Phi) is 3.06. The summed E-state index contributed by atoms with van der Waals surface area (Å²) in [7, 11) is -2.82. The predicted molar refractivity (Wildman–Crippen MR) is 43.1 cm³/mol. The van der Waals surface area contributed by atoms with Crippen molar-refractivity contribution in [1.82, 2.24) is 0 Å². The quantitative estimate of drug-likeness (QED) is 0.624. The molecule has 0 radical (unpaired) electrons. The van der Waals surface area contributed by atoms with Crippen LogP contribution in [0.5, 0.6) is 0 Å². The second-order valence-corrected chi connectivity index (χ2v) is 4.74. The van der Waals surface area contributed by atoms with E-state index in [9.17, 15) is 12.3 Å². The van der Waals surface area contributed by atoms with Gasteiger partial charge in [-0.15, -0.1) is 3.89 Å². The van der Waals surface area contributed by atoms with Crippen molar-refractivity contribution < 1.29 is 17.0 Å². The second-order valence-electron chi connectivity index (χ2n) is 3.12. The molecular formula is C7H13FO3S. The molecule has 0 aromatic carbocycles. The number of halogens is 1. The van der Waals surface area contributed by atoms with E-state index in [-0.39, 0.29) is 6.10 Å². The maximum atomic E-state index is 12.5. The van der Waals surface area contributed by atoms with Gasteiger partial charge in [0.05, 0.1) is 11.4 Å². The molecule has 0 spiro atoms. The highest BCUT2D eigenvalue weighted by molar-refractivity contribution is 7.87. The van der Waals surface area contributed by atoms with Crippen LogP contribution in [-0.2, 0) is 15.0 Å². The van der Waals surface area contributed by atoms with Crippen LogP contribution in [-0.4, -0.2) is 26.9 Å². The number of methoxy groups -OCH3 is 1. The van der Waals surface area contributed by atoms with Crippen LogP contribution in [0.3, 0.4) is 0 Å². The van der Waals surface area contributed by atoms with Crippen molar-refractivity contribution in [3.05, 3.63) is 0 Å². The van der Waals surface area contributed by atoms with Gasteiger partial charge in [0, 0.05) is 7.11 Å². The molecule has 1 saturated carbocycles. The highest BCUT2D eigenvalue weighted by Crippen LogP contribution is 2.26. The summed E-state index contributed by atoms with van der Waals surface area (Å²) in [4.78, 5) is 0. The Morgan fingerprint density at radius 3 is 2.58 bits per heavy atom. The van der Waals surface area contributed by atoms with E-state index in [4.69, 9.17) is 4.74 Å². The fourth-order valence-electron chi connectivity index (χ4n) is 1.57. The Bertz CT molecular complexity index is 237. The molecule has 0 saturated heterocycles. The van der Waals surface area contributed by atoms with Crippen LogP contribution in [0.2, 0.25) is 0 Å². The molecule has 3 nitrogen and oxygen atoms in total. The minimum Gasteiger partial charge on any atom is -0.381 e. The molecule has 72 valence electrons. The van der Waals surface area contributed by atoms with Gasteiger partial charge < -0.3 is 4.74 Å². The fraction of sp³-hybridized carbons (Fsp3) is 1.00. The van der Waals surface area contributed by atoms with Gasteiger partial charge in [-0.2, -0.15) is 8.42 Å². The summed E-state index contributed by atoms with van der Waals surface area (Å²) in [6.07, 6.45) is 2.21. The lowest BCUT2D eigenvalue weighted by molar-refractivity contribution is 0.0715. The molecule has 5 heteroatoms. The van der Waals surface area contributed by atoms with Crippen molar-refractivity contribution in [2.45, 2.75) is 37.0 Å². The van der Waals surface area contributed by atoms with Crippen molar-refractivity contribution in [2.75, 3.05) is 7.11 Å². The lowest BCUT2D eigenvalue weighted by Gasteiger charge is -2.25. The maximum Gasteiger partial charge on any atom is 0.305 e. The van der Waals surface area contributed by atoms with Crippen molar-refractivity contribution in [3.8, 4) is 0 Å². The van der Waals surface area contributed by atoms with E-state index in [0.717, 1.165) is 12.8 Å². The van der Waals surface area contributed by atoms with Crippen LogP contribution in [0.15, 0.2) is 0 Å². The van der Waals surface area contributed by atoms with E-state index < -0.39 is 15.5 Å². The number of ether oxygens (including phenoxy) is 1. The smallest absolute Gasteiger partial charge is 0.305 e. The zero-order valence-electron chi connectivity index (χ0n) is 6.99. The number of hydrogen-bond donors (Lipinski definition) is 0. The summed E-state index contributed by atoms with van der Waals surface area (Å²) in [6, 6.07) is 0. The van der Waals surface area contributed by atoms with Gasteiger partial charge >= 0.3 is 10.2 Å². The summed E-state index contributed by atoms with van der Waals surface area (Å²) >= 11 is 0. The number of hydrogen-bond acceptors (Lipinski definition) is 3. The van der Waals surface area contributed by atoms with Crippen LogP contribution < -0.4 is 0 Å². The second kappa shape index (κ2) is 3.70. The van der Waals surface area contributed by atoms with Gasteiger partial charge in [0.1, 0.15) is 0 Å². The van der Waals surface area contributed by atoms with Crippen LogP contribution in [0, 0.1) is 0 Å². The highest BCUT2D eigenvalue weighted by Gasteiger charge is 2.31. The minimum absolute atomic E-state index is 0.0886. The maximum absolute atomic E-state index is 12.5. The lowest BCUT2D eigenvalue weighted by atomic mass is 9.97. The zero-order chi connectivity index (χ0) is 9.19. The van der Waals surface area contributed by atoms with Gasteiger partial charge in [-0.25, -0.2) is 0 Å². The largest absolute Gasteiger partial charge is 0.381 e. The Balaban J connectivity index is 2.58. The van der Waals surface area contributed by atoms with Crippen molar-refractivity contribution in [2.24, 2.45) is 0 Å². The molecule has 0 N–H and O–H groups in total. The fourth-order valence-corrected chi connectivity index (χ4v) is 2.46. The van der Waals surface area contributed by atoms with E-state index >= 15 is 0 Å². The molecule has 0 aromatic rings. The summed E-state index contributed by atoms with van der Waals surface area (Å²) in [6.45, 7) is 0. The zero-order valence-corrected chi connectivity index (χ0v) is 7.81. The van der Waals surface area contributed by atoms with Gasteiger partial charge in [0.2, 0.25) is 0 Å². The summed E-state index contributed by atoms with van der Waals surface area (Å²) in [5, 5.41) is -0.837. The normalized spacial score (nSPS) is 31.8. The summed E-state index contributed by atoms with van der Waals surface area (Å²) < 4.78 is 38.5. The van der Waals surface area contributed by atoms with Crippen molar-refractivity contribution >= 4 is 10.2 Å². The van der Waals surface area contributed by atoms with E-state index in [0.29, 0.717) is 12.8 Å². The molecular weight excluding hydrogens is 183 g/mol. The summed E-state index contributed by atoms with van der Waals surface area (Å²) in [5.74, 6) is 0. The molecule has 0 bridgehead atoms. The Morgan fingerprint density at radius 1 is 1.42 bits per heavy atom. The molecule has 2 unspecified atom stereocenters. The van der Waals surface area contributed by atoms with E-state index in [1.54, 1.807) is 0 Å². The Hall–Kier alpha value is -0.160. The number of rotatable bonds is 2. The third-order valence-corrected chi connectivity index (χ3v) is 3.53.